The van der Waals surface area contributed by atoms with Crippen LogP contribution in [-0.4, -0.2) is 12.6 Å². The van der Waals surface area contributed by atoms with Gasteiger partial charge in [0.1, 0.15) is 0 Å². The highest BCUT2D eigenvalue weighted by atomic mass is 35.5. The zero-order chi connectivity index (χ0) is 11.8. The molecule has 1 aliphatic rings. The van der Waals surface area contributed by atoms with Crippen LogP contribution in [0.25, 0.3) is 0 Å². The summed E-state index contributed by atoms with van der Waals surface area (Å²) in [5, 5.41) is 4.36. The summed E-state index contributed by atoms with van der Waals surface area (Å²) in [6, 6.07) is 6.28. The van der Waals surface area contributed by atoms with Crippen molar-refractivity contribution >= 4 is 11.6 Å². The smallest absolute Gasteiger partial charge is 0.0440 e. The summed E-state index contributed by atoms with van der Waals surface area (Å²) in [6.07, 6.45) is 3.51. The number of hydrogen-bond donors (Lipinski definition) is 1. The molecule has 1 unspecified atom stereocenters. The highest BCUT2D eigenvalue weighted by Crippen LogP contribution is 2.35. The Labute approximate surface area is 103 Å². The molecule has 0 aromatic heterocycles. The third-order valence-corrected chi connectivity index (χ3v) is 4.45. The molecule has 1 aromatic rings. The Bertz CT molecular complexity index is 384. The van der Waals surface area contributed by atoms with Crippen molar-refractivity contribution in [2.24, 2.45) is 5.92 Å². The van der Waals surface area contributed by atoms with Crippen LogP contribution in [0.2, 0.25) is 5.02 Å². The lowest BCUT2D eigenvalue weighted by molar-refractivity contribution is 0.244. The molecule has 1 nitrogen and oxygen atoms in total. The Morgan fingerprint density at radius 1 is 1.38 bits per heavy atom. The second kappa shape index (κ2) is 4.38. The van der Waals surface area contributed by atoms with Gasteiger partial charge in [0.25, 0.3) is 0 Å². The molecular weight excluding hydrogens is 218 g/mol. The van der Waals surface area contributed by atoms with E-state index in [0.717, 1.165) is 17.9 Å². The number of aryl methyl sites for hydroxylation is 1. The molecule has 1 aliphatic carbocycles. The van der Waals surface area contributed by atoms with Gasteiger partial charge in [-0.25, -0.2) is 0 Å². The van der Waals surface area contributed by atoms with Crippen LogP contribution in [0.15, 0.2) is 18.2 Å². The first-order valence-corrected chi connectivity index (χ1v) is 6.37. The summed E-state index contributed by atoms with van der Waals surface area (Å²) in [5.41, 5.74) is 3.00. The minimum atomic E-state index is 0.191. The number of fused-ring (bicyclic) bond motifs is 1. The zero-order valence-electron chi connectivity index (χ0n) is 10.3. The van der Waals surface area contributed by atoms with E-state index in [1.165, 1.54) is 17.5 Å². The summed E-state index contributed by atoms with van der Waals surface area (Å²) in [5.74, 6) is 0.671. The Balaban J connectivity index is 2.27. The summed E-state index contributed by atoms with van der Waals surface area (Å²) in [4.78, 5) is 0. The first-order valence-electron chi connectivity index (χ1n) is 6.00. The second-order valence-corrected chi connectivity index (χ2v) is 5.70. The van der Waals surface area contributed by atoms with Crippen LogP contribution in [0, 0.1) is 5.92 Å². The van der Waals surface area contributed by atoms with Gasteiger partial charge in [0, 0.05) is 10.6 Å². The Hall–Kier alpha value is -0.530. The first-order chi connectivity index (χ1) is 7.54. The molecule has 0 amide bonds. The molecular formula is C14H20ClN. The van der Waals surface area contributed by atoms with Gasteiger partial charge in [0.05, 0.1) is 0 Å². The molecule has 0 saturated carbocycles. The number of benzene rings is 1. The van der Waals surface area contributed by atoms with Crippen LogP contribution in [0.4, 0.5) is 0 Å². The molecule has 88 valence electrons. The fourth-order valence-electron chi connectivity index (χ4n) is 2.56. The van der Waals surface area contributed by atoms with Crippen LogP contribution in [0.1, 0.15) is 31.4 Å². The molecule has 1 aromatic carbocycles. The van der Waals surface area contributed by atoms with E-state index in [4.69, 9.17) is 11.6 Å². The van der Waals surface area contributed by atoms with Crippen molar-refractivity contribution in [3.05, 3.63) is 34.3 Å². The van der Waals surface area contributed by atoms with Crippen molar-refractivity contribution in [2.45, 2.75) is 38.6 Å². The van der Waals surface area contributed by atoms with Crippen molar-refractivity contribution < 1.29 is 0 Å². The topological polar surface area (TPSA) is 12.0 Å². The lowest BCUT2D eigenvalue weighted by atomic mass is 9.74. The SMILES string of the molecule is CNC(C)(C)C1CCc2cccc(Cl)c2C1. The summed E-state index contributed by atoms with van der Waals surface area (Å²) in [7, 11) is 2.04. The predicted octanol–water partition coefficient (Wildman–Crippen LogP) is 3.44. The molecule has 2 rings (SSSR count). The Morgan fingerprint density at radius 3 is 2.81 bits per heavy atom. The maximum atomic E-state index is 6.28. The standard InChI is InChI=1S/C14H20ClN/c1-14(2,16-3)11-8-7-10-5-4-6-13(15)12(10)9-11/h4-6,11,16H,7-9H2,1-3H3. The molecule has 0 spiro atoms. The van der Waals surface area contributed by atoms with Crippen LogP contribution in [0.3, 0.4) is 0 Å². The first kappa shape index (κ1) is 11.9. The average molecular weight is 238 g/mol. The number of rotatable bonds is 2. The maximum absolute atomic E-state index is 6.28. The van der Waals surface area contributed by atoms with Crippen molar-refractivity contribution in [2.75, 3.05) is 7.05 Å². The minimum absolute atomic E-state index is 0.191. The maximum Gasteiger partial charge on any atom is 0.0440 e. The molecule has 0 radical (unpaired) electrons. The monoisotopic (exact) mass is 237 g/mol. The molecule has 0 saturated heterocycles. The zero-order valence-corrected chi connectivity index (χ0v) is 11.1. The highest BCUT2D eigenvalue weighted by molar-refractivity contribution is 6.31. The van der Waals surface area contributed by atoms with E-state index < -0.39 is 0 Å². The van der Waals surface area contributed by atoms with Crippen molar-refractivity contribution in [1.82, 2.24) is 5.32 Å². The fourth-order valence-corrected chi connectivity index (χ4v) is 2.84. The molecule has 2 heteroatoms. The minimum Gasteiger partial charge on any atom is -0.315 e. The van der Waals surface area contributed by atoms with Gasteiger partial charge in [0.2, 0.25) is 0 Å². The second-order valence-electron chi connectivity index (χ2n) is 5.29. The van der Waals surface area contributed by atoms with E-state index in [0.29, 0.717) is 5.92 Å². The van der Waals surface area contributed by atoms with E-state index >= 15 is 0 Å². The average Bonchev–Trinajstić information content (AvgIpc) is 2.29. The van der Waals surface area contributed by atoms with E-state index in [2.05, 4.69) is 31.3 Å². The van der Waals surface area contributed by atoms with Gasteiger partial charge >= 0.3 is 0 Å². The van der Waals surface area contributed by atoms with E-state index in [1.807, 2.05) is 13.1 Å². The summed E-state index contributed by atoms with van der Waals surface area (Å²) in [6.45, 7) is 4.55. The van der Waals surface area contributed by atoms with Crippen molar-refractivity contribution in [1.29, 1.82) is 0 Å². The Kier molecular flexibility index (Phi) is 3.27. The van der Waals surface area contributed by atoms with Crippen LogP contribution in [0.5, 0.6) is 0 Å². The summed E-state index contributed by atoms with van der Waals surface area (Å²) < 4.78 is 0. The van der Waals surface area contributed by atoms with Crippen molar-refractivity contribution in [3.63, 3.8) is 0 Å². The van der Waals surface area contributed by atoms with E-state index in [-0.39, 0.29) is 5.54 Å². The molecule has 1 atom stereocenters. The third kappa shape index (κ3) is 2.11. The molecule has 0 aliphatic heterocycles. The van der Waals surface area contributed by atoms with Crippen LogP contribution in [-0.2, 0) is 12.8 Å². The van der Waals surface area contributed by atoms with Gasteiger partial charge in [-0.15, -0.1) is 0 Å². The van der Waals surface area contributed by atoms with Crippen LogP contribution >= 0.6 is 11.6 Å². The molecule has 0 bridgehead atoms. The summed E-state index contributed by atoms with van der Waals surface area (Å²) >= 11 is 6.28. The van der Waals surface area contributed by atoms with Gasteiger partial charge in [-0.05, 0) is 63.3 Å². The third-order valence-electron chi connectivity index (χ3n) is 4.09. The van der Waals surface area contributed by atoms with Crippen molar-refractivity contribution in [3.8, 4) is 0 Å². The quantitative estimate of drug-likeness (QED) is 0.831. The number of hydrogen-bond acceptors (Lipinski definition) is 1. The van der Waals surface area contributed by atoms with E-state index in [9.17, 15) is 0 Å². The van der Waals surface area contributed by atoms with Gasteiger partial charge in [0.15, 0.2) is 0 Å². The molecule has 1 N–H and O–H groups in total. The molecule has 16 heavy (non-hydrogen) atoms. The van der Waals surface area contributed by atoms with E-state index in [1.54, 1.807) is 0 Å². The highest BCUT2D eigenvalue weighted by Gasteiger charge is 2.31. The largest absolute Gasteiger partial charge is 0.315 e. The number of nitrogens with one attached hydrogen (secondary N) is 1. The lowest BCUT2D eigenvalue weighted by Crippen LogP contribution is -2.46. The number of halogens is 1. The van der Waals surface area contributed by atoms with Gasteiger partial charge < -0.3 is 5.32 Å². The molecule has 0 heterocycles. The Morgan fingerprint density at radius 2 is 2.12 bits per heavy atom. The lowest BCUT2D eigenvalue weighted by Gasteiger charge is -2.38. The van der Waals surface area contributed by atoms with Crippen LogP contribution < -0.4 is 5.32 Å². The predicted molar refractivity (Wildman–Crippen MR) is 70.1 cm³/mol. The van der Waals surface area contributed by atoms with Gasteiger partial charge in [-0.2, -0.15) is 0 Å². The molecule has 0 fully saturated rings. The van der Waals surface area contributed by atoms with Gasteiger partial charge in [-0.3, -0.25) is 0 Å². The normalized spacial score (nSPS) is 20.6. The fraction of sp³-hybridized carbons (Fsp3) is 0.571. The van der Waals surface area contributed by atoms with Gasteiger partial charge in [-0.1, -0.05) is 23.7 Å².